The van der Waals surface area contributed by atoms with Crippen molar-refractivity contribution in [3.63, 3.8) is 0 Å². The Morgan fingerprint density at radius 1 is 1.40 bits per heavy atom. The van der Waals surface area contributed by atoms with Gasteiger partial charge in [-0.05, 0) is 25.0 Å². The quantitative estimate of drug-likeness (QED) is 0.831. The molecule has 4 heteroatoms. The van der Waals surface area contributed by atoms with E-state index in [0.717, 1.165) is 18.5 Å². The van der Waals surface area contributed by atoms with Gasteiger partial charge < -0.3 is 9.64 Å². The van der Waals surface area contributed by atoms with Gasteiger partial charge in [0.1, 0.15) is 0 Å². The summed E-state index contributed by atoms with van der Waals surface area (Å²) < 4.78 is 5.62. The number of ether oxygens (including phenoxy) is 1. The van der Waals surface area contributed by atoms with E-state index in [1.165, 1.54) is 0 Å². The maximum Gasteiger partial charge on any atom is 0.232 e. The Morgan fingerprint density at radius 3 is 3.00 bits per heavy atom. The molecule has 1 aromatic rings. The van der Waals surface area contributed by atoms with Crippen LogP contribution in [-0.4, -0.2) is 30.9 Å². The first-order chi connectivity index (χ1) is 9.72. The Labute approximate surface area is 118 Å². The SMILES string of the molecule is CCC1OCCC1C(=O)N1CCC(=O)c2ccccc21. The third kappa shape index (κ3) is 2.14. The largest absolute Gasteiger partial charge is 0.377 e. The summed E-state index contributed by atoms with van der Waals surface area (Å²) in [6, 6.07) is 7.39. The van der Waals surface area contributed by atoms with Crippen LogP contribution >= 0.6 is 0 Å². The number of carbonyl (C=O) groups excluding carboxylic acids is 2. The van der Waals surface area contributed by atoms with Gasteiger partial charge in [0.05, 0.1) is 17.7 Å². The molecule has 0 spiro atoms. The molecule has 1 aromatic carbocycles. The summed E-state index contributed by atoms with van der Waals surface area (Å²) in [4.78, 5) is 26.5. The topological polar surface area (TPSA) is 46.6 Å². The first kappa shape index (κ1) is 13.3. The number of anilines is 1. The monoisotopic (exact) mass is 273 g/mol. The Balaban J connectivity index is 1.89. The van der Waals surface area contributed by atoms with E-state index in [0.29, 0.717) is 25.1 Å². The fourth-order valence-electron chi connectivity index (χ4n) is 3.18. The molecule has 106 valence electrons. The summed E-state index contributed by atoms with van der Waals surface area (Å²) in [6.45, 7) is 3.19. The number of hydrogen-bond acceptors (Lipinski definition) is 3. The minimum absolute atomic E-state index is 0.0206. The highest BCUT2D eigenvalue weighted by Gasteiger charge is 2.38. The molecule has 0 bridgehead atoms. The van der Waals surface area contributed by atoms with Gasteiger partial charge in [-0.1, -0.05) is 19.1 Å². The molecule has 1 amide bonds. The third-order valence-corrected chi connectivity index (χ3v) is 4.25. The predicted molar refractivity (Wildman–Crippen MR) is 75.9 cm³/mol. The highest BCUT2D eigenvalue weighted by molar-refractivity contribution is 6.09. The molecule has 2 atom stereocenters. The molecule has 1 fully saturated rings. The molecule has 2 heterocycles. The Morgan fingerprint density at radius 2 is 2.20 bits per heavy atom. The van der Waals surface area contributed by atoms with Crippen molar-refractivity contribution in [3.05, 3.63) is 29.8 Å². The molecule has 4 nitrogen and oxygen atoms in total. The van der Waals surface area contributed by atoms with E-state index < -0.39 is 0 Å². The molecule has 0 saturated carbocycles. The van der Waals surface area contributed by atoms with Crippen LogP contribution in [0.2, 0.25) is 0 Å². The van der Waals surface area contributed by atoms with E-state index in [-0.39, 0.29) is 23.7 Å². The van der Waals surface area contributed by atoms with Crippen molar-refractivity contribution in [2.45, 2.75) is 32.3 Å². The fraction of sp³-hybridized carbons (Fsp3) is 0.500. The number of hydrogen-bond donors (Lipinski definition) is 0. The molecule has 0 aliphatic carbocycles. The van der Waals surface area contributed by atoms with Crippen molar-refractivity contribution >= 4 is 17.4 Å². The first-order valence-corrected chi connectivity index (χ1v) is 7.27. The van der Waals surface area contributed by atoms with E-state index in [2.05, 4.69) is 0 Å². The first-order valence-electron chi connectivity index (χ1n) is 7.27. The number of rotatable bonds is 2. The van der Waals surface area contributed by atoms with Crippen molar-refractivity contribution in [1.29, 1.82) is 0 Å². The highest BCUT2D eigenvalue weighted by Crippen LogP contribution is 2.32. The zero-order valence-electron chi connectivity index (χ0n) is 11.7. The van der Waals surface area contributed by atoms with Crippen LogP contribution in [0.15, 0.2) is 24.3 Å². The van der Waals surface area contributed by atoms with Crippen molar-refractivity contribution < 1.29 is 14.3 Å². The lowest BCUT2D eigenvalue weighted by molar-refractivity contribution is -0.124. The van der Waals surface area contributed by atoms with Gasteiger partial charge in [0.15, 0.2) is 5.78 Å². The summed E-state index contributed by atoms with van der Waals surface area (Å²) in [5.74, 6) is 0.162. The van der Waals surface area contributed by atoms with Crippen LogP contribution in [0.4, 0.5) is 5.69 Å². The standard InChI is InChI=1S/C16H19NO3/c1-2-15-12(8-10-20-15)16(19)17-9-7-14(18)11-5-3-4-6-13(11)17/h3-6,12,15H,2,7-10H2,1H3. The zero-order valence-corrected chi connectivity index (χ0v) is 11.7. The van der Waals surface area contributed by atoms with Crippen molar-refractivity contribution in [2.24, 2.45) is 5.92 Å². The minimum Gasteiger partial charge on any atom is -0.377 e. The molecule has 2 aliphatic heterocycles. The van der Waals surface area contributed by atoms with Crippen LogP contribution in [0.5, 0.6) is 0 Å². The van der Waals surface area contributed by atoms with E-state index in [1.807, 2.05) is 25.1 Å². The average molecular weight is 273 g/mol. The summed E-state index contributed by atoms with van der Waals surface area (Å²) in [6.07, 6.45) is 2.06. The van der Waals surface area contributed by atoms with Crippen LogP contribution < -0.4 is 4.90 Å². The molecule has 0 N–H and O–H groups in total. The number of fused-ring (bicyclic) bond motifs is 1. The molecule has 2 unspecified atom stereocenters. The molecular weight excluding hydrogens is 254 g/mol. The Kier molecular flexibility index (Phi) is 3.57. The number of Topliss-reactive ketones (excluding diaryl/α,β-unsaturated/α-hetero) is 1. The lowest BCUT2D eigenvalue weighted by Crippen LogP contribution is -2.43. The van der Waals surface area contributed by atoms with Gasteiger partial charge in [0, 0.05) is 25.1 Å². The second-order valence-corrected chi connectivity index (χ2v) is 5.39. The zero-order chi connectivity index (χ0) is 14.1. The lowest BCUT2D eigenvalue weighted by Gasteiger charge is -2.31. The van der Waals surface area contributed by atoms with E-state index >= 15 is 0 Å². The number of carbonyl (C=O) groups is 2. The van der Waals surface area contributed by atoms with Crippen molar-refractivity contribution in [2.75, 3.05) is 18.1 Å². The van der Waals surface area contributed by atoms with Crippen LogP contribution in [0.25, 0.3) is 0 Å². The second kappa shape index (κ2) is 5.37. The van der Waals surface area contributed by atoms with Crippen LogP contribution in [-0.2, 0) is 9.53 Å². The predicted octanol–water partition coefficient (Wildman–Crippen LogP) is 2.42. The highest BCUT2D eigenvalue weighted by atomic mass is 16.5. The number of para-hydroxylation sites is 1. The van der Waals surface area contributed by atoms with E-state index in [1.54, 1.807) is 11.0 Å². The van der Waals surface area contributed by atoms with E-state index in [9.17, 15) is 9.59 Å². The molecular formula is C16H19NO3. The second-order valence-electron chi connectivity index (χ2n) is 5.39. The third-order valence-electron chi connectivity index (χ3n) is 4.25. The van der Waals surface area contributed by atoms with Gasteiger partial charge in [-0.3, -0.25) is 9.59 Å². The van der Waals surface area contributed by atoms with Gasteiger partial charge in [0.25, 0.3) is 0 Å². The lowest BCUT2D eigenvalue weighted by atomic mass is 9.94. The van der Waals surface area contributed by atoms with Crippen LogP contribution in [0.3, 0.4) is 0 Å². The van der Waals surface area contributed by atoms with Gasteiger partial charge in [-0.2, -0.15) is 0 Å². The number of amides is 1. The van der Waals surface area contributed by atoms with Crippen LogP contribution in [0.1, 0.15) is 36.5 Å². The fourth-order valence-corrected chi connectivity index (χ4v) is 3.18. The summed E-state index contributed by atoms with van der Waals surface area (Å²) in [5.41, 5.74) is 1.43. The molecule has 3 rings (SSSR count). The summed E-state index contributed by atoms with van der Waals surface area (Å²) >= 11 is 0. The Bertz CT molecular complexity index is 540. The maximum atomic E-state index is 12.8. The summed E-state index contributed by atoms with van der Waals surface area (Å²) in [7, 11) is 0. The number of nitrogens with zero attached hydrogens (tertiary/aromatic N) is 1. The normalized spacial score (nSPS) is 25.6. The molecule has 0 aromatic heterocycles. The average Bonchev–Trinajstić information content (AvgIpc) is 2.96. The van der Waals surface area contributed by atoms with Crippen molar-refractivity contribution in [3.8, 4) is 0 Å². The van der Waals surface area contributed by atoms with E-state index in [4.69, 9.17) is 4.74 Å². The van der Waals surface area contributed by atoms with Gasteiger partial charge in [-0.25, -0.2) is 0 Å². The van der Waals surface area contributed by atoms with Crippen molar-refractivity contribution in [1.82, 2.24) is 0 Å². The minimum atomic E-state index is -0.0683. The molecule has 20 heavy (non-hydrogen) atoms. The smallest absolute Gasteiger partial charge is 0.232 e. The molecule has 2 aliphatic rings. The van der Waals surface area contributed by atoms with Gasteiger partial charge in [-0.15, -0.1) is 0 Å². The van der Waals surface area contributed by atoms with Gasteiger partial charge >= 0.3 is 0 Å². The maximum absolute atomic E-state index is 12.8. The number of benzene rings is 1. The molecule has 1 saturated heterocycles. The Hall–Kier alpha value is -1.68. The van der Waals surface area contributed by atoms with Crippen LogP contribution in [0, 0.1) is 5.92 Å². The number of ketones is 1. The molecule has 0 radical (unpaired) electrons. The van der Waals surface area contributed by atoms with Gasteiger partial charge in [0.2, 0.25) is 5.91 Å². The summed E-state index contributed by atoms with van der Waals surface area (Å²) in [5, 5.41) is 0.